The molecule has 1 aliphatic heterocycles. The van der Waals surface area contributed by atoms with E-state index in [2.05, 4.69) is 0 Å². The van der Waals surface area contributed by atoms with Crippen LogP contribution in [0.3, 0.4) is 0 Å². The minimum atomic E-state index is -3.32. The van der Waals surface area contributed by atoms with Crippen LogP contribution in [0.25, 0.3) is 0 Å². The van der Waals surface area contributed by atoms with Crippen LogP contribution >= 0.6 is 0 Å². The van der Waals surface area contributed by atoms with Gasteiger partial charge in [-0.1, -0.05) is 0 Å². The number of rotatable bonds is 3. The molecule has 1 rings (SSSR count). The molecule has 0 saturated carbocycles. The Kier molecular flexibility index (Phi) is 3.09. The van der Waals surface area contributed by atoms with Gasteiger partial charge in [0.05, 0.1) is 19.0 Å². The Bertz CT molecular complexity index is 228. The van der Waals surface area contributed by atoms with Crippen molar-refractivity contribution in [1.82, 2.24) is 0 Å². The predicted molar refractivity (Wildman–Crippen MR) is 44.3 cm³/mol. The summed E-state index contributed by atoms with van der Waals surface area (Å²) in [6.07, 6.45) is 1.69. The average molecular weight is 194 g/mol. The van der Waals surface area contributed by atoms with Crippen molar-refractivity contribution < 1.29 is 17.3 Å². The van der Waals surface area contributed by atoms with Crippen molar-refractivity contribution in [2.45, 2.75) is 19.4 Å². The maximum atomic E-state index is 10.7. The summed E-state index contributed by atoms with van der Waals surface area (Å²) in [5.41, 5.74) is 0. The van der Waals surface area contributed by atoms with Crippen LogP contribution < -0.4 is 0 Å². The molecule has 4 nitrogen and oxygen atoms in total. The normalized spacial score (nSPS) is 27.3. The lowest BCUT2D eigenvalue weighted by Crippen LogP contribution is -2.23. The topological polar surface area (TPSA) is 52.6 Å². The smallest absolute Gasteiger partial charge is 0.264 e. The minimum Gasteiger partial charge on any atom is -0.381 e. The number of hydrogen-bond donors (Lipinski definition) is 0. The Morgan fingerprint density at radius 3 is 2.67 bits per heavy atom. The Morgan fingerprint density at radius 1 is 1.58 bits per heavy atom. The third kappa shape index (κ3) is 3.08. The van der Waals surface area contributed by atoms with E-state index in [1.807, 2.05) is 0 Å². The van der Waals surface area contributed by atoms with Crippen LogP contribution in [-0.4, -0.2) is 34.0 Å². The Morgan fingerprint density at radius 2 is 2.25 bits per heavy atom. The van der Waals surface area contributed by atoms with E-state index >= 15 is 0 Å². The van der Waals surface area contributed by atoms with Gasteiger partial charge in [-0.3, -0.25) is 4.18 Å². The SMILES string of the molecule is CC(OS(C)(=O)=O)C1CCOC1. The maximum absolute atomic E-state index is 10.7. The van der Waals surface area contributed by atoms with Gasteiger partial charge >= 0.3 is 0 Å². The Balaban J connectivity index is 2.42. The summed E-state index contributed by atoms with van der Waals surface area (Å²) in [5, 5.41) is 0. The molecule has 1 aliphatic rings. The first-order valence-corrected chi connectivity index (χ1v) is 5.76. The fourth-order valence-corrected chi connectivity index (χ4v) is 1.99. The van der Waals surface area contributed by atoms with Gasteiger partial charge in [-0.05, 0) is 13.3 Å². The molecule has 1 fully saturated rings. The van der Waals surface area contributed by atoms with Crippen LogP contribution in [0.2, 0.25) is 0 Å². The molecule has 12 heavy (non-hydrogen) atoms. The predicted octanol–water partition coefficient (Wildman–Crippen LogP) is 0.388. The van der Waals surface area contributed by atoms with Crippen LogP contribution in [-0.2, 0) is 19.0 Å². The van der Waals surface area contributed by atoms with Crippen LogP contribution in [0.15, 0.2) is 0 Å². The van der Waals surface area contributed by atoms with E-state index in [0.29, 0.717) is 13.2 Å². The molecule has 0 N–H and O–H groups in total. The van der Waals surface area contributed by atoms with E-state index < -0.39 is 10.1 Å². The zero-order valence-corrected chi connectivity index (χ0v) is 8.13. The summed E-state index contributed by atoms with van der Waals surface area (Å²) < 4.78 is 31.4. The van der Waals surface area contributed by atoms with Gasteiger partial charge in [0.15, 0.2) is 0 Å². The third-order valence-electron chi connectivity index (χ3n) is 1.96. The molecule has 0 aromatic carbocycles. The molecule has 0 aromatic rings. The monoisotopic (exact) mass is 194 g/mol. The quantitative estimate of drug-likeness (QED) is 0.610. The molecule has 0 aromatic heterocycles. The highest BCUT2D eigenvalue weighted by molar-refractivity contribution is 7.86. The highest BCUT2D eigenvalue weighted by Crippen LogP contribution is 2.19. The summed E-state index contributed by atoms with van der Waals surface area (Å²) in [6.45, 7) is 3.08. The standard InChI is InChI=1S/C7H14O4S/c1-6(11-12(2,8)9)7-3-4-10-5-7/h6-7H,3-5H2,1-2H3. The van der Waals surface area contributed by atoms with E-state index in [4.69, 9.17) is 8.92 Å². The molecule has 1 saturated heterocycles. The van der Waals surface area contributed by atoms with E-state index in [1.54, 1.807) is 6.92 Å². The molecule has 2 unspecified atom stereocenters. The lowest BCUT2D eigenvalue weighted by atomic mass is 10.0. The zero-order valence-electron chi connectivity index (χ0n) is 7.32. The van der Waals surface area contributed by atoms with E-state index in [1.165, 1.54) is 0 Å². The summed E-state index contributed by atoms with van der Waals surface area (Å²) in [7, 11) is -3.32. The molecule has 72 valence electrons. The van der Waals surface area contributed by atoms with Crippen molar-refractivity contribution in [3.63, 3.8) is 0 Å². The van der Waals surface area contributed by atoms with E-state index in [-0.39, 0.29) is 12.0 Å². The molecule has 0 aliphatic carbocycles. The van der Waals surface area contributed by atoms with E-state index in [0.717, 1.165) is 12.7 Å². The number of hydrogen-bond acceptors (Lipinski definition) is 4. The maximum Gasteiger partial charge on any atom is 0.264 e. The first-order valence-electron chi connectivity index (χ1n) is 3.95. The third-order valence-corrected chi connectivity index (χ3v) is 2.61. The van der Waals surface area contributed by atoms with Gasteiger partial charge in [0.25, 0.3) is 10.1 Å². The zero-order chi connectivity index (χ0) is 9.19. The van der Waals surface area contributed by atoms with Crippen molar-refractivity contribution in [2.75, 3.05) is 19.5 Å². The Hall–Kier alpha value is -0.130. The summed E-state index contributed by atoms with van der Waals surface area (Å²) in [4.78, 5) is 0. The molecular formula is C7H14O4S. The van der Waals surface area contributed by atoms with Gasteiger partial charge < -0.3 is 4.74 Å². The van der Waals surface area contributed by atoms with Crippen molar-refractivity contribution in [1.29, 1.82) is 0 Å². The van der Waals surface area contributed by atoms with Crippen LogP contribution in [0.5, 0.6) is 0 Å². The molecule has 0 amide bonds. The van der Waals surface area contributed by atoms with Crippen LogP contribution in [0.1, 0.15) is 13.3 Å². The lowest BCUT2D eigenvalue weighted by Gasteiger charge is -2.15. The van der Waals surface area contributed by atoms with Gasteiger partial charge in [-0.15, -0.1) is 0 Å². The highest BCUT2D eigenvalue weighted by atomic mass is 32.2. The first kappa shape index (κ1) is 9.95. The second kappa shape index (κ2) is 3.72. The first-order chi connectivity index (χ1) is 5.49. The average Bonchev–Trinajstić information content (AvgIpc) is 2.32. The number of ether oxygens (including phenoxy) is 1. The summed E-state index contributed by atoms with van der Waals surface area (Å²) in [6, 6.07) is 0. The van der Waals surface area contributed by atoms with Crippen LogP contribution in [0, 0.1) is 5.92 Å². The molecule has 0 radical (unpaired) electrons. The van der Waals surface area contributed by atoms with E-state index in [9.17, 15) is 8.42 Å². The summed E-state index contributed by atoms with van der Waals surface area (Å²) in [5.74, 6) is 0.222. The van der Waals surface area contributed by atoms with Gasteiger partial charge in [0.2, 0.25) is 0 Å². The molecule has 1 heterocycles. The van der Waals surface area contributed by atoms with Gasteiger partial charge in [-0.25, -0.2) is 0 Å². The molecule has 2 atom stereocenters. The van der Waals surface area contributed by atoms with Gasteiger partial charge in [0.1, 0.15) is 0 Å². The fourth-order valence-electron chi connectivity index (χ4n) is 1.28. The molecule has 0 spiro atoms. The van der Waals surface area contributed by atoms with Crippen molar-refractivity contribution in [2.24, 2.45) is 5.92 Å². The molecule has 0 bridgehead atoms. The van der Waals surface area contributed by atoms with Crippen molar-refractivity contribution in [3.8, 4) is 0 Å². The molecule has 5 heteroatoms. The lowest BCUT2D eigenvalue weighted by molar-refractivity contribution is 0.128. The summed E-state index contributed by atoms with van der Waals surface area (Å²) >= 11 is 0. The van der Waals surface area contributed by atoms with Crippen LogP contribution in [0.4, 0.5) is 0 Å². The van der Waals surface area contributed by atoms with Gasteiger partial charge in [0, 0.05) is 12.5 Å². The van der Waals surface area contributed by atoms with Crippen molar-refractivity contribution >= 4 is 10.1 Å². The fraction of sp³-hybridized carbons (Fsp3) is 1.00. The Labute approximate surface area is 73.0 Å². The minimum absolute atomic E-state index is 0.222. The van der Waals surface area contributed by atoms with Gasteiger partial charge in [-0.2, -0.15) is 8.42 Å². The second-order valence-corrected chi connectivity index (χ2v) is 4.73. The highest BCUT2D eigenvalue weighted by Gasteiger charge is 2.25. The van der Waals surface area contributed by atoms with Crippen molar-refractivity contribution in [3.05, 3.63) is 0 Å². The largest absolute Gasteiger partial charge is 0.381 e. The molecular weight excluding hydrogens is 180 g/mol. The second-order valence-electron chi connectivity index (χ2n) is 3.13.